The van der Waals surface area contributed by atoms with E-state index in [0.29, 0.717) is 10.6 Å². The van der Waals surface area contributed by atoms with Crippen molar-refractivity contribution in [3.8, 4) is 0 Å². The molecule has 0 aliphatic rings. The molecule has 9 nitrogen and oxygen atoms in total. The van der Waals surface area contributed by atoms with Crippen LogP contribution in [0.3, 0.4) is 0 Å². The molecule has 0 radical (unpaired) electrons. The zero-order valence-electron chi connectivity index (χ0n) is 14.7. The molecule has 0 spiro atoms. The van der Waals surface area contributed by atoms with Crippen molar-refractivity contribution in [3.05, 3.63) is 64.2 Å². The van der Waals surface area contributed by atoms with Crippen molar-refractivity contribution in [2.75, 3.05) is 17.6 Å². The molecule has 0 fully saturated rings. The van der Waals surface area contributed by atoms with Crippen LogP contribution < -0.4 is 16.4 Å². The summed E-state index contributed by atoms with van der Waals surface area (Å²) in [6.45, 7) is 0.104. The number of thioether (sulfide) groups is 1. The number of hydrogen-bond acceptors (Lipinski definition) is 6. The summed E-state index contributed by atoms with van der Waals surface area (Å²) in [5.74, 6) is -1.22. The van der Waals surface area contributed by atoms with Gasteiger partial charge in [-0.1, -0.05) is 12.1 Å². The Morgan fingerprint density at radius 3 is 2.39 bits per heavy atom. The highest BCUT2D eigenvalue weighted by Gasteiger charge is 2.13. The summed E-state index contributed by atoms with van der Waals surface area (Å²) in [5.41, 5.74) is 5.62. The largest absolute Gasteiger partial charge is 0.370 e. The number of nitrogens with zero attached hydrogens (tertiary/aromatic N) is 1. The lowest BCUT2D eigenvalue weighted by Gasteiger charge is -2.11. The number of rotatable bonds is 9. The zero-order valence-corrected chi connectivity index (χ0v) is 15.5. The van der Waals surface area contributed by atoms with Gasteiger partial charge in [-0.3, -0.25) is 24.5 Å². The van der Waals surface area contributed by atoms with Crippen LogP contribution in [0.5, 0.6) is 0 Å². The van der Waals surface area contributed by atoms with Crippen molar-refractivity contribution in [2.45, 2.75) is 11.3 Å². The van der Waals surface area contributed by atoms with Gasteiger partial charge in [0.25, 0.3) is 11.6 Å². The third kappa shape index (κ3) is 6.40. The van der Waals surface area contributed by atoms with E-state index < -0.39 is 16.7 Å². The first-order valence-electron chi connectivity index (χ1n) is 8.19. The van der Waals surface area contributed by atoms with E-state index in [4.69, 9.17) is 5.73 Å². The van der Waals surface area contributed by atoms with E-state index in [2.05, 4.69) is 10.6 Å². The first kappa shape index (κ1) is 20.9. The molecule has 2 rings (SSSR count). The van der Waals surface area contributed by atoms with Crippen LogP contribution >= 0.6 is 11.8 Å². The number of para-hydroxylation sites is 1. The molecule has 4 N–H and O–H groups in total. The normalized spacial score (nSPS) is 10.1. The van der Waals surface area contributed by atoms with Crippen LogP contribution in [0.25, 0.3) is 0 Å². The lowest BCUT2D eigenvalue weighted by molar-refractivity contribution is -0.384. The number of nitro benzene ring substituents is 1. The maximum Gasteiger partial charge on any atom is 0.269 e. The second-order valence-electron chi connectivity index (χ2n) is 5.61. The molecule has 146 valence electrons. The van der Waals surface area contributed by atoms with E-state index in [1.807, 2.05) is 0 Å². The SMILES string of the molecule is NC(=O)CCNC(=O)c1ccccc1NC(=O)CSc1ccc([N+](=O)[O-])cc1. The summed E-state index contributed by atoms with van der Waals surface area (Å²) in [5, 5.41) is 15.9. The Bertz CT molecular complexity index is 886. The third-order valence-electron chi connectivity index (χ3n) is 3.52. The van der Waals surface area contributed by atoms with E-state index >= 15 is 0 Å². The van der Waals surface area contributed by atoms with E-state index in [-0.39, 0.29) is 35.9 Å². The Labute approximate surface area is 164 Å². The molecule has 0 saturated carbocycles. The number of hydrogen-bond donors (Lipinski definition) is 3. The van der Waals surface area contributed by atoms with Gasteiger partial charge < -0.3 is 16.4 Å². The topological polar surface area (TPSA) is 144 Å². The van der Waals surface area contributed by atoms with Crippen molar-refractivity contribution in [3.63, 3.8) is 0 Å². The van der Waals surface area contributed by atoms with Crippen LogP contribution in [-0.4, -0.2) is 34.9 Å². The average molecular weight is 402 g/mol. The Hall–Kier alpha value is -3.40. The summed E-state index contributed by atoms with van der Waals surface area (Å²) >= 11 is 1.21. The molecule has 0 bridgehead atoms. The van der Waals surface area contributed by atoms with Crippen LogP contribution in [0.2, 0.25) is 0 Å². The molecule has 0 aliphatic heterocycles. The molecule has 2 aromatic carbocycles. The summed E-state index contributed by atoms with van der Waals surface area (Å²) in [6.07, 6.45) is 0.0200. The van der Waals surface area contributed by atoms with Gasteiger partial charge in [-0.25, -0.2) is 0 Å². The molecule has 28 heavy (non-hydrogen) atoms. The van der Waals surface area contributed by atoms with Crippen LogP contribution in [0.1, 0.15) is 16.8 Å². The van der Waals surface area contributed by atoms with Crippen molar-refractivity contribution in [1.29, 1.82) is 0 Å². The molecule has 0 unspecified atom stereocenters. The van der Waals surface area contributed by atoms with Crippen LogP contribution in [0, 0.1) is 10.1 Å². The number of primary amides is 1. The lowest BCUT2D eigenvalue weighted by Crippen LogP contribution is -2.29. The minimum absolute atomic E-state index is 0.0200. The Kier molecular flexibility index (Phi) is 7.52. The highest BCUT2D eigenvalue weighted by atomic mass is 32.2. The van der Waals surface area contributed by atoms with Crippen LogP contribution in [0.15, 0.2) is 53.4 Å². The number of nitrogens with one attached hydrogen (secondary N) is 2. The second-order valence-corrected chi connectivity index (χ2v) is 6.65. The van der Waals surface area contributed by atoms with Gasteiger partial charge in [0.2, 0.25) is 11.8 Å². The fourth-order valence-corrected chi connectivity index (χ4v) is 2.88. The van der Waals surface area contributed by atoms with Crippen molar-refractivity contribution in [2.24, 2.45) is 5.73 Å². The molecule has 0 heterocycles. The van der Waals surface area contributed by atoms with E-state index in [1.165, 1.54) is 23.9 Å². The maximum absolute atomic E-state index is 12.2. The summed E-state index contributed by atoms with van der Waals surface area (Å²) in [7, 11) is 0. The highest BCUT2D eigenvalue weighted by Crippen LogP contribution is 2.22. The molecular formula is C18H18N4O5S. The van der Waals surface area contributed by atoms with Gasteiger partial charge in [0.1, 0.15) is 0 Å². The number of nitro groups is 1. The summed E-state index contributed by atoms with van der Waals surface area (Å²) in [4.78, 5) is 46.0. The minimum atomic E-state index is -0.523. The minimum Gasteiger partial charge on any atom is -0.370 e. The summed E-state index contributed by atoms with van der Waals surface area (Å²) in [6, 6.07) is 12.4. The van der Waals surface area contributed by atoms with Crippen molar-refractivity contribution >= 4 is 40.9 Å². The van der Waals surface area contributed by atoms with Crippen molar-refractivity contribution < 1.29 is 19.3 Å². The Morgan fingerprint density at radius 1 is 1.07 bits per heavy atom. The van der Waals surface area contributed by atoms with Gasteiger partial charge in [0.15, 0.2) is 0 Å². The Morgan fingerprint density at radius 2 is 1.75 bits per heavy atom. The first-order chi connectivity index (χ1) is 13.4. The van der Waals surface area contributed by atoms with Gasteiger partial charge in [-0.05, 0) is 24.3 Å². The molecule has 2 aromatic rings. The van der Waals surface area contributed by atoms with E-state index in [1.54, 1.807) is 36.4 Å². The predicted molar refractivity (Wildman–Crippen MR) is 105 cm³/mol. The molecule has 0 aromatic heterocycles. The molecule has 0 atom stereocenters. The first-order valence-corrected chi connectivity index (χ1v) is 9.18. The number of nitrogens with two attached hydrogens (primary N) is 1. The molecule has 0 saturated heterocycles. The fourth-order valence-electron chi connectivity index (χ4n) is 2.18. The standard InChI is InChI=1S/C18H18N4O5S/c19-16(23)9-10-20-18(25)14-3-1-2-4-15(14)21-17(24)11-28-13-7-5-12(6-8-13)22(26)27/h1-8H,9-11H2,(H2,19,23)(H,20,25)(H,21,24). The fraction of sp³-hybridized carbons (Fsp3) is 0.167. The van der Waals surface area contributed by atoms with Crippen LogP contribution in [0.4, 0.5) is 11.4 Å². The highest BCUT2D eigenvalue weighted by molar-refractivity contribution is 8.00. The number of benzene rings is 2. The quantitative estimate of drug-likeness (QED) is 0.332. The van der Waals surface area contributed by atoms with Gasteiger partial charge in [0.05, 0.1) is 21.9 Å². The number of carbonyl (C=O) groups is 3. The number of carbonyl (C=O) groups excluding carboxylic acids is 3. The third-order valence-corrected chi connectivity index (χ3v) is 4.53. The average Bonchev–Trinajstić information content (AvgIpc) is 2.66. The zero-order chi connectivity index (χ0) is 20.5. The maximum atomic E-state index is 12.2. The number of amides is 3. The molecule has 3 amide bonds. The van der Waals surface area contributed by atoms with Gasteiger partial charge >= 0.3 is 0 Å². The van der Waals surface area contributed by atoms with E-state index in [9.17, 15) is 24.5 Å². The van der Waals surface area contributed by atoms with Crippen LogP contribution in [-0.2, 0) is 9.59 Å². The van der Waals surface area contributed by atoms with Gasteiger partial charge in [0, 0.05) is 30.0 Å². The lowest BCUT2D eigenvalue weighted by atomic mass is 10.1. The second kappa shape index (κ2) is 10.1. The van der Waals surface area contributed by atoms with Gasteiger partial charge in [-0.2, -0.15) is 0 Å². The predicted octanol–water partition coefficient (Wildman–Crippen LogP) is 1.93. The monoisotopic (exact) mass is 402 g/mol. The number of non-ortho nitro benzene ring substituents is 1. The smallest absolute Gasteiger partial charge is 0.269 e. The van der Waals surface area contributed by atoms with E-state index in [0.717, 1.165) is 0 Å². The molecule has 10 heteroatoms. The molecule has 0 aliphatic carbocycles. The Balaban J connectivity index is 1.93. The van der Waals surface area contributed by atoms with Crippen molar-refractivity contribution in [1.82, 2.24) is 5.32 Å². The summed E-state index contributed by atoms with van der Waals surface area (Å²) < 4.78 is 0. The number of anilines is 1. The molecular weight excluding hydrogens is 384 g/mol. The van der Waals surface area contributed by atoms with Gasteiger partial charge in [-0.15, -0.1) is 11.8 Å².